The van der Waals surface area contributed by atoms with Crippen molar-refractivity contribution >= 4 is 24.1 Å². The molecular weight excluding hydrogens is 300 g/mol. The van der Waals surface area contributed by atoms with Crippen LogP contribution in [0, 0.1) is 13.8 Å². The van der Waals surface area contributed by atoms with Gasteiger partial charge in [-0.2, -0.15) is 5.10 Å². The third-order valence-electron chi connectivity index (χ3n) is 3.74. The van der Waals surface area contributed by atoms with Crippen molar-refractivity contribution in [3.05, 3.63) is 35.4 Å². The summed E-state index contributed by atoms with van der Waals surface area (Å²) in [5, 5.41) is 13.2. The van der Waals surface area contributed by atoms with Gasteiger partial charge in [0.05, 0.1) is 11.7 Å². The van der Waals surface area contributed by atoms with Crippen molar-refractivity contribution in [3.63, 3.8) is 0 Å². The summed E-state index contributed by atoms with van der Waals surface area (Å²) in [6.07, 6.45) is 1.94. The zero-order valence-electron chi connectivity index (χ0n) is 12.8. The molecule has 1 aromatic carbocycles. The first kappa shape index (κ1) is 16.5. The minimum absolute atomic E-state index is 0. The number of halogens is 1. The van der Waals surface area contributed by atoms with Crippen molar-refractivity contribution < 1.29 is 4.79 Å². The lowest BCUT2D eigenvalue weighted by Crippen LogP contribution is -2.35. The van der Waals surface area contributed by atoms with Gasteiger partial charge in [0.15, 0.2) is 5.82 Å². The molecule has 0 spiro atoms. The van der Waals surface area contributed by atoms with E-state index in [2.05, 4.69) is 52.9 Å². The third kappa shape index (κ3) is 3.67. The molecule has 1 saturated heterocycles. The van der Waals surface area contributed by atoms with E-state index in [4.69, 9.17) is 0 Å². The van der Waals surface area contributed by atoms with Gasteiger partial charge in [-0.25, -0.2) is 0 Å². The molecular formula is C16H21ClN4O. The average molecular weight is 321 g/mol. The number of nitrogens with zero attached hydrogens (tertiary/aromatic N) is 1. The molecule has 0 saturated carbocycles. The first-order valence-electron chi connectivity index (χ1n) is 7.30. The van der Waals surface area contributed by atoms with Crippen LogP contribution < -0.4 is 10.6 Å². The predicted octanol–water partition coefficient (Wildman–Crippen LogP) is 2.81. The molecule has 3 rings (SSSR count). The molecule has 3 N–H and O–H groups in total. The Hall–Kier alpha value is -1.85. The maximum Gasteiger partial charge on any atom is 0.242 e. The quantitative estimate of drug-likeness (QED) is 0.814. The summed E-state index contributed by atoms with van der Waals surface area (Å²) in [6, 6.07) is 8.12. The third-order valence-corrected chi connectivity index (χ3v) is 3.74. The molecule has 1 amide bonds. The van der Waals surface area contributed by atoms with Gasteiger partial charge < -0.3 is 10.6 Å². The van der Waals surface area contributed by atoms with Gasteiger partial charge in [0.1, 0.15) is 0 Å². The van der Waals surface area contributed by atoms with Gasteiger partial charge in [0, 0.05) is 11.6 Å². The number of aromatic nitrogens is 2. The number of nitrogens with one attached hydrogen (secondary N) is 3. The van der Waals surface area contributed by atoms with Crippen LogP contribution in [0.2, 0.25) is 0 Å². The molecule has 6 heteroatoms. The van der Waals surface area contributed by atoms with Crippen molar-refractivity contribution in [1.82, 2.24) is 15.5 Å². The second-order valence-electron chi connectivity index (χ2n) is 5.68. The summed E-state index contributed by atoms with van der Waals surface area (Å²) in [4.78, 5) is 12.0. The van der Waals surface area contributed by atoms with Gasteiger partial charge in [-0.1, -0.05) is 17.2 Å². The molecule has 2 heterocycles. The molecule has 1 aromatic heterocycles. The highest BCUT2D eigenvalue weighted by Crippen LogP contribution is 2.22. The van der Waals surface area contributed by atoms with Crippen molar-refractivity contribution in [1.29, 1.82) is 0 Å². The van der Waals surface area contributed by atoms with Crippen LogP contribution >= 0.6 is 12.4 Å². The van der Waals surface area contributed by atoms with Gasteiger partial charge >= 0.3 is 0 Å². The zero-order chi connectivity index (χ0) is 14.8. The minimum Gasteiger partial charge on any atom is -0.308 e. The standard InChI is InChI=1S/C16H20N4O.ClH/c1-10-6-11(2)8-12(7-10)14-9-15(20-19-14)18-16(21)13-4-3-5-17-13;/h6-9,13,17H,3-5H2,1-2H3,(H2,18,19,20,21);1H. The van der Waals surface area contributed by atoms with Crippen LogP contribution in [0.15, 0.2) is 24.3 Å². The van der Waals surface area contributed by atoms with E-state index in [0.717, 1.165) is 30.6 Å². The zero-order valence-corrected chi connectivity index (χ0v) is 13.6. The molecule has 118 valence electrons. The Kier molecular flexibility index (Phi) is 5.21. The smallest absolute Gasteiger partial charge is 0.242 e. The molecule has 1 atom stereocenters. The van der Waals surface area contributed by atoms with E-state index in [9.17, 15) is 4.79 Å². The lowest BCUT2D eigenvalue weighted by molar-refractivity contribution is -0.117. The summed E-state index contributed by atoms with van der Waals surface area (Å²) < 4.78 is 0. The average Bonchev–Trinajstić information content (AvgIpc) is 3.08. The van der Waals surface area contributed by atoms with E-state index >= 15 is 0 Å². The fourth-order valence-corrected chi connectivity index (χ4v) is 2.79. The number of carbonyl (C=O) groups excluding carboxylic acids is 1. The number of hydrogen-bond acceptors (Lipinski definition) is 3. The van der Waals surface area contributed by atoms with Crippen molar-refractivity contribution in [2.24, 2.45) is 0 Å². The summed E-state index contributed by atoms with van der Waals surface area (Å²) >= 11 is 0. The summed E-state index contributed by atoms with van der Waals surface area (Å²) in [6.45, 7) is 5.05. The second-order valence-corrected chi connectivity index (χ2v) is 5.68. The summed E-state index contributed by atoms with van der Waals surface area (Å²) in [5.41, 5.74) is 4.41. The highest BCUT2D eigenvalue weighted by molar-refractivity contribution is 5.94. The fourth-order valence-electron chi connectivity index (χ4n) is 2.79. The molecule has 2 aromatic rings. The number of benzene rings is 1. The number of anilines is 1. The Balaban J connectivity index is 0.00000176. The van der Waals surface area contributed by atoms with Crippen LogP contribution in [-0.2, 0) is 4.79 Å². The lowest BCUT2D eigenvalue weighted by Gasteiger charge is -2.08. The van der Waals surface area contributed by atoms with Crippen LogP contribution in [0.3, 0.4) is 0 Å². The van der Waals surface area contributed by atoms with E-state index < -0.39 is 0 Å². The monoisotopic (exact) mass is 320 g/mol. The number of H-pyrrole nitrogens is 1. The molecule has 0 radical (unpaired) electrons. The van der Waals surface area contributed by atoms with E-state index in [0.29, 0.717) is 5.82 Å². The van der Waals surface area contributed by atoms with Crippen LogP contribution in [0.5, 0.6) is 0 Å². The SMILES string of the molecule is Cc1cc(C)cc(-c2cc(NC(=O)C3CCCN3)n[nH]2)c1.Cl. The van der Waals surface area contributed by atoms with E-state index in [1.54, 1.807) is 0 Å². The second kappa shape index (κ2) is 6.94. The van der Waals surface area contributed by atoms with Crippen LogP contribution in [0.1, 0.15) is 24.0 Å². The molecule has 1 aliphatic heterocycles. The minimum atomic E-state index is -0.0913. The number of aromatic amines is 1. The number of carbonyl (C=O) groups is 1. The number of amides is 1. The van der Waals surface area contributed by atoms with E-state index in [1.807, 2.05) is 6.07 Å². The molecule has 22 heavy (non-hydrogen) atoms. The molecule has 0 aliphatic carbocycles. The van der Waals surface area contributed by atoms with Crippen molar-refractivity contribution in [2.75, 3.05) is 11.9 Å². The van der Waals surface area contributed by atoms with Gasteiger partial charge in [0.25, 0.3) is 0 Å². The van der Waals surface area contributed by atoms with Gasteiger partial charge in [-0.15, -0.1) is 12.4 Å². The maximum absolute atomic E-state index is 12.0. The molecule has 1 fully saturated rings. The molecule has 1 aliphatic rings. The maximum atomic E-state index is 12.0. The number of aryl methyl sites for hydroxylation is 2. The molecule has 0 bridgehead atoms. The Morgan fingerprint density at radius 1 is 1.23 bits per heavy atom. The number of hydrogen-bond donors (Lipinski definition) is 3. The van der Waals surface area contributed by atoms with Crippen LogP contribution in [-0.4, -0.2) is 28.7 Å². The Bertz CT molecular complexity index is 642. The Morgan fingerprint density at radius 3 is 2.59 bits per heavy atom. The van der Waals surface area contributed by atoms with Gasteiger partial charge in [-0.3, -0.25) is 9.89 Å². The number of rotatable bonds is 3. The fraction of sp³-hybridized carbons (Fsp3) is 0.375. The first-order valence-corrected chi connectivity index (χ1v) is 7.30. The van der Waals surface area contributed by atoms with Gasteiger partial charge in [0.2, 0.25) is 5.91 Å². The van der Waals surface area contributed by atoms with E-state index in [-0.39, 0.29) is 24.4 Å². The van der Waals surface area contributed by atoms with Gasteiger partial charge in [-0.05, 0) is 45.4 Å². The topological polar surface area (TPSA) is 69.8 Å². The van der Waals surface area contributed by atoms with Crippen molar-refractivity contribution in [3.8, 4) is 11.3 Å². The largest absolute Gasteiger partial charge is 0.308 e. The highest BCUT2D eigenvalue weighted by atomic mass is 35.5. The lowest BCUT2D eigenvalue weighted by atomic mass is 10.1. The molecule has 1 unspecified atom stereocenters. The van der Waals surface area contributed by atoms with Crippen molar-refractivity contribution in [2.45, 2.75) is 32.7 Å². The Morgan fingerprint density at radius 2 is 1.95 bits per heavy atom. The van der Waals surface area contributed by atoms with Crippen LogP contribution in [0.25, 0.3) is 11.3 Å². The Labute approximate surface area is 136 Å². The van der Waals surface area contributed by atoms with Crippen LogP contribution in [0.4, 0.5) is 5.82 Å². The summed E-state index contributed by atoms with van der Waals surface area (Å²) in [7, 11) is 0. The summed E-state index contributed by atoms with van der Waals surface area (Å²) in [5.74, 6) is 0.564. The molecule has 5 nitrogen and oxygen atoms in total. The predicted molar refractivity (Wildman–Crippen MR) is 90.4 cm³/mol. The highest BCUT2D eigenvalue weighted by Gasteiger charge is 2.22. The van der Waals surface area contributed by atoms with E-state index in [1.165, 1.54) is 11.1 Å². The first-order chi connectivity index (χ1) is 10.1. The normalized spacial score (nSPS) is 17.1.